The molecule has 0 heterocycles. The van der Waals surface area contributed by atoms with E-state index in [9.17, 15) is 0 Å². The minimum Gasteiger partial charge on any atom is -0.0619 e. The number of fused-ring (bicyclic) bond motifs is 5. The summed E-state index contributed by atoms with van der Waals surface area (Å²) in [5.74, 6) is 0. The zero-order valence-corrected chi connectivity index (χ0v) is 25.0. The van der Waals surface area contributed by atoms with Crippen LogP contribution in [0, 0.1) is 0 Å². The normalized spacial score (nSPS) is 13.3. The van der Waals surface area contributed by atoms with Crippen LogP contribution in [0.25, 0.3) is 66.1 Å². The Morgan fingerprint density at radius 2 is 0.860 bits per heavy atom. The van der Waals surface area contributed by atoms with Crippen LogP contribution in [-0.4, -0.2) is 0 Å². The van der Waals surface area contributed by atoms with Crippen LogP contribution in [0.5, 0.6) is 0 Å². The summed E-state index contributed by atoms with van der Waals surface area (Å²) in [5, 5.41) is 5.17. The molecule has 0 spiro atoms. The van der Waals surface area contributed by atoms with Crippen LogP contribution in [0.4, 0.5) is 0 Å². The first-order valence-corrected chi connectivity index (χ1v) is 15.4. The number of benzene rings is 7. The Hall–Kier alpha value is -4.94. The topological polar surface area (TPSA) is 0 Å². The maximum atomic E-state index is 2.46. The highest BCUT2D eigenvalue weighted by Crippen LogP contribution is 2.51. The Bertz CT molecular complexity index is 2100. The highest BCUT2D eigenvalue weighted by atomic mass is 14.4. The molecular weight excluding hydrogens is 516 g/mol. The van der Waals surface area contributed by atoms with Crippen molar-refractivity contribution < 1.29 is 0 Å². The van der Waals surface area contributed by atoms with E-state index in [-0.39, 0.29) is 5.41 Å². The van der Waals surface area contributed by atoms with Crippen molar-refractivity contribution in [3.8, 4) is 44.5 Å². The van der Waals surface area contributed by atoms with Gasteiger partial charge in [0.25, 0.3) is 0 Å². The van der Waals surface area contributed by atoms with Gasteiger partial charge in [0.15, 0.2) is 0 Å². The average molecular weight is 551 g/mol. The molecule has 7 aromatic carbocycles. The van der Waals surface area contributed by atoms with Gasteiger partial charge < -0.3 is 0 Å². The van der Waals surface area contributed by atoms with Gasteiger partial charge in [-0.25, -0.2) is 0 Å². The molecule has 0 saturated heterocycles. The van der Waals surface area contributed by atoms with Gasteiger partial charge in [0, 0.05) is 5.41 Å². The molecule has 0 aliphatic heterocycles. The van der Waals surface area contributed by atoms with Crippen LogP contribution in [0.15, 0.2) is 140 Å². The Balaban J connectivity index is 1.33. The van der Waals surface area contributed by atoms with E-state index in [1.54, 1.807) is 0 Å². The smallest absolute Gasteiger partial charge is 0.0159 e. The maximum absolute atomic E-state index is 2.46. The lowest BCUT2D eigenvalue weighted by atomic mass is 9.80. The highest BCUT2D eigenvalue weighted by Gasteiger charge is 2.35. The van der Waals surface area contributed by atoms with E-state index in [0.717, 1.165) is 6.42 Å². The molecule has 206 valence electrons. The van der Waals surface area contributed by atoms with Gasteiger partial charge in [0.1, 0.15) is 0 Å². The molecule has 0 aromatic heterocycles. The van der Waals surface area contributed by atoms with Crippen molar-refractivity contribution in [1.82, 2.24) is 0 Å². The Morgan fingerprint density at radius 1 is 0.419 bits per heavy atom. The zero-order chi connectivity index (χ0) is 29.1. The molecule has 1 aliphatic rings. The summed E-state index contributed by atoms with van der Waals surface area (Å²) < 4.78 is 0. The number of hydrogen-bond acceptors (Lipinski definition) is 0. The van der Waals surface area contributed by atoms with Crippen LogP contribution in [0.2, 0.25) is 0 Å². The third-order valence-corrected chi connectivity index (χ3v) is 9.67. The first-order chi connectivity index (χ1) is 21.0. The quantitative estimate of drug-likeness (QED) is 0.191. The molecule has 1 aliphatic carbocycles. The maximum Gasteiger partial charge on any atom is 0.0159 e. The monoisotopic (exact) mass is 550 g/mol. The van der Waals surface area contributed by atoms with E-state index < -0.39 is 0 Å². The summed E-state index contributed by atoms with van der Waals surface area (Å²) >= 11 is 0. The standard InChI is InChI=1S/C43H34/c1-4-28-17-19-29(20-18-28)30-21-23-31(24-22-30)41-35-12-5-7-14-37(35)42(38-15-8-6-13-36(38)41)32-25-26-34-33-11-9-10-16-39(33)43(2,3)40(34)27-32/h5-27H,4H2,1-3H3. The molecular formula is C43H34. The van der Waals surface area contributed by atoms with Gasteiger partial charge in [0.2, 0.25) is 0 Å². The Morgan fingerprint density at radius 3 is 1.44 bits per heavy atom. The molecule has 0 heteroatoms. The van der Waals surface area contributed by atoms with E-state index in [4.69, 9.17) is 0 Å². The van der Waals surface area contributed by atoms with Gasteiger partial charge in [-0.3, -0.25) is 0 Å². The molecule has 7 aromatic rings. The van der Waals surface area contributed by atoms with Crippen molar-refractivity contribution in [3.63, 3.8) is 0 Å². The lowest BCUT2D eigenvalue weighted by Crippen LogP contribution is -2.14. The summed E-state index contributed by atoms with van der Waals surface area (Å²) in [6.45, 7) is 6.93. The van der Waals surface area contributed by atoms with Crippen LogP contribution >= 0.6 is 0 Å². The minimum absolute atomic E-state index is 0.0356. The van der Waals surface area contributed by atoms with Crippen molar-refractivity contribution in [2.75, 3.05) is 0 Å². The van der Waals surface area contributed by atoms with E-state index in [2.05, 4.69) is 160 Å². The molecule has 0 bridgehead atoms. The molecule has 0 N–H and O–H groups in total. The van der Waals surface area contributed by atoms with E-state index in [1.807, 2.05) is 0 Å². The van der Waals surface area contributed by atoms with Crippen molar-refractivity contribution in [2.24, 2.45) is 0 Å². The lowest BCUT2D eigenvalue weighted by Gasteiger charge is -2.23. The number of rotatable bonds is 4. The van der Waals surface area contributed by atoms with Crippen LogP contribution in [0.1, 0.15) is 37.5 Å². The first-order valence-electron chi connectivity index (χ1n) is 15.4. The van der Waals surface area contributed by atoms with Gasteiger partial charge >= 0.3 is 0 Å². The van der Waals surface area contributed by atoms with E-state index in [1.165, 1.54) is 82.7 Å². The van der Waals surface area contributed by atoms with Crippen molar-refractivity contribution in [1.29, 1.82) is 0 Å². The molecule has 0 amide bonds. The predicted octanol–water partition coefficient (Wildman–Crippen LogP) is 11.9. The van der Waals surface area contributed by atoms with Gasteiger partial charge in [-0.1, -0.05) is 154 Å². The molecule has 0 nitrogen and oxygen atoms in total. The highest BCUT2D eigenvalue weighted by molar-refractivity contribution is 6.21. The largest absolute Gasteiger partial charge is 0.0619 e. The fraction of sp³-hybridized carbons (Fsp3) is 0.116. The fourth-order valence-electron chi connectivity index (χ4n) is 7.37. The van der Waals surface area contributed by atoms with Gasteiger partial charge in [0.05, 0.1) is 0 Å². The van der Waals surface area contributed by atoms with E-state index in [0.29, 0.717) is 0 Å². The molecule has 0 radical (unpaired) electrons. The third kappa shape index (κ3) is 3.97. The predicted molar refractivity (Wildman–Crippen MR) is 185 cm³/mol. The molecule has 0 atom stereocenters. The van der Waals surface area contributed by atoms with Crippen LogP contribution in [0.3, 0.4) is 0 Å². The first kappa shape index (κ1) is 25.7. The lowest BCUT2D eigenvalue weighted by molar-refractivity contribution is 0.660. The third-order valence-electron chi connectivity index (χ3n) is 9.67. The van der Waals surface area contributed by atoms with Crippen molar-refractivity contribution in [2.45, 2.75) is 32.6 Å². The molecule has 0 saturated carbocycles. The van der Waals surface area contributed by atoms with Crippen LogP contribution in [-0.2, 0) is 11.8 Å². The summed E-state index contributed by atoms with van der Waals surface area (Å²) in [6, 6.07) is 52.0. The molecule has 0 fully saturated rings. The van der Waals surface area contributed by atoms with E-state index >= 15 is 0 Å². The second-order valence-electron chi connectivity index (χ2n) is 12.4. The second kappa shape index (κ2) is 9.82. The Labute approximate surface area is 254 Å². The average Bonchev–Trinajstić information content (AvgIpc) is 3.29. The van der Waals surface area contributed by atoms with Crippen molar-refractivity contribution in [3.05, 3.63) is 156 Å². The van der Waals surface area contributed by atoms with Crippen molar-refractivity contribution >= 4 is 21.5 Å². The number of aryl methyl sites for hydroxylation is 1. The fourth-order valence-corrected chi connectivity index (χ4v) is 7.37. The minimum atomic E-state index is -0.0356. The second-order valence-corrected chi connectivity index (χ2v) is 12.4. The number of hydrogen-bond donors (Lipinski definition) is 0. The SMILES string of the molecule is CCc1ccc(-c2ccc(-c3c4ccccc4c(-c4ccc5c(c4)C(C)(C)c4ccccc4-5)c4ccccc34)cc2)cc1. The summed E-state index contributed by atoms with van der Waals surface area (Å²) in [4.78, 5) is 0. The summed E-state index contributed by atoms with van der Waals surface area (Å²) in [7, 11) is 0. The zero-order valence-electron chi connectivity index (χ0n) is 25.0. The molecule has 0 unspecified atom stereocenters. The molecule has 8 rings (SSSR count). The van der Waals surface area contributed by atoms with Gasteiger partial charge in [-0.15, -0.1) is 0 Å². The van der Waals surface area contributed by atoms with Gasteiger partial charge in [-0.2, -0.15) is 0 Å². The van der Waals surface area contributed by atoms with Gasteiger partial charge in [-0.05, 0) is 95.2 Å². The summed E-state index contributed by atoms with van der Waals surface area (Å²) in [5.41, 5.74) is 14.5. The molecule has 43 heavy (non-hydrogen) atoms. The summed E-state index contributed by atoms with van der Waals surface area (Å²) in [6.07, 6.45) is 1.06. The Kier molecular flexibility index (Phi) is 5.88. The van der Waals surface area contributed by atoms with Crippen LogP contribution < -0.4 is 0 Å².